The Bertz CT molecular complexity index is 362. The van der Waals surface area contributed by atoms with Crippen molar-refractivity contribution in [3.05, 3.63) is 29.6 Å². The van der Waals surface area contributed by atoms with Crippen LogP contribution in [0.5, 0.6) is 0 Å². The average Bonchev–Trinajstić information content (AvgIpc) is 2.95. The first-order valence-electron chi connectivity index (χ1n) is 4.76. The highest BCUT2D eigenvalue weighted by atomic mass is 19.4. The van der Waals surface area contributed by atoms with Crippen LogP contribution < -0.4 is 5.73 Å². The Morgan fingerprint density at radius 2 is 2.20 bits per heavy atom. The summed E-state index contributed by atoms with van der Waals surface area (Å²) in [4.78, 5) is 3.41. The van der Waals surface area contributed by atoms with Gasteiger partial charge < -0.3 is 5.73 Å². The van der Waals surface area contributed by atoms with E-state index in [2.05, 4.69) is 4.98 Å². The molecule has 2 rings (SSSR count). The van der Waals surface area contributed by atoms with Crippen LogP contribution in [-0.2, 0) is 6.18 Å². The molecule has 1 aliphatic carbocycles. The Morgan fingerprint density at radius 3 is 2.73 bits per heavy atom. The van der Waals surface area contributed by atoms with Gasteiger partial charge in [-0.25, -0.2) is 0 Å². The number of pyridine rings is 1. The summed E-state index contributed by atoms with van der Waals surface area (Å²) in [6.45, 7) is 0.441. The zero-order valence-electron chi connectivity index (χ0n) is 7.96. The maximum atomic E-state index is 12.6. The number of nitrogens with two attached hydrogens (primary N) is 1. The zero-order chi connectivity index (χ0) is 11.1. The van der Waals surface area contributed by atoms with E-state index in [0.29, 0.717) is 12.1 Å². The number of hydrogen-bond donors (Lipinski definition) is 1. The van der Waals surface area contributed by atoms with Crippen LogP contribution in [0.25, 0.3) is 0 Å². The quantitative estimate of drug-likeness (QED) is 0.822. The first-order chi connectivity index (χ1) is 7.04. The van der Waals surface area contributed by atoms with Crippen molar-refractivity contribution in [3.8, 4) is 0 Å². The van der Waals surface area contributed by atoms with E-state index in [1.807, 2.05) is 0 Å². The molecule has 0 radical (unpaired) electrons. The molecule has 0 saturated heterocycles. The van der Waals surface area contributed by atoms with Crippen molar-refractivity contribution in [3.63, 3.8) is 0 Å². The summed E-state index contributed by atoms with van der Waals surface area (Å²) >= 11 is 0. The molecule has 5 heteroatoms. The van der Waals surface area contributed by atoms with Crippen LogP contribution in [0, 0.1) is 5.92 Å². The molecule has 0 unspecified atom stereocenters. The smallest absolute Gasteiger partial charge is 0.330 e. The van der Waals surface area contributed by atoms with Crippen LogP contribution in [0.3, 0.4) is 0 Å². The van der Waals surface area contributed by atoms with Crippen LogP contribution in [0.15, 0.2) is 18.3 Å². The minimum atomic E-state index is -4.36. The third-order valence-corrected chi connectivity index (χ3v) is 2.73. The number of alkyl halides is 3. The Morgan fingerprint density at radius 1 is 1.47 bits per heavy atom. The number of aromatic nitrogens is 1. The molecular formula is C10H11F3N2. The molecule has 0 bridgehead atoms. The van der Waals surface area contributed by atoms with Gasteiger partial charge in [-0.05, 0) is 36.4 Å². The number of nitrogens with zero attached hydrogens (tertiary/aromatic N) is 1. The van der Waals surface area contributed by atoms with Gasteiger partial charge in [0.25, 0.3) is 0 Å². The van der Waals surface area contributed by atoms with Crippen LogP contribution in [0.2, 0.25) is 0 Å². The van der Waals surface area contributed by atoms with Crippen molar-refractivity contribution < 1.29 is 13.2 Å². The molecule has 1 fully saturated rings. The van der Waals surface area contributed by atoms with E-state index in [1.54, 1.807) is 0 Å². The normalized spacial score (nSPS) is 25.3. The second kappa shape index (κ2) is 3.48. The zero-order valence-corrected chi connectivity index (χ0v) is 7.96. The SMILES string of the molecule is NC[C@@H]1C[C@H]1c1cccnc1C(F)(F)F. The standard InChI is InChI=1S/C10H11F3N2/c11-10(12,13)9-7(2-1-3-15-9)8-4-6(8)5-14/h1-3,6,8H,4-5,14H2/t6-,8+/m0/s1. The molecule has 0 spiro atoms. The minimum Gasteiger partial charge on any atom is -0.330 e. The van der Waals surface area contributed by atoms with Gasteiger partial charge in [-0.2, -0.15) is 13.2 Å². The Hall–Kier alpha value is -1.10. The largest absolute Gasteiger partial charge is 0.433 e. The molecule has 82 valence electrons. The van der Waals surface area contributed by atoms with E-state index in [-0.39, 0.29) is 11.8 Å². The first kappa shape index (κ1) is 10.4. The molecule has 15 heavy (non-hydrogen) atoms. The first-order valence-corrected chi connectivity index (χ1v) is 4.76. The van der Waals surface area contributed by atoms with E-state index in [0.717, 1.165) is 6.42 Å². The number of rotatable bonds is 2. The van der Waals surface area contributed by atoms with E-state index < -0.39 is 11.9 Å². The molecular weight excluding hydrogens is 205 g/mol. The molecule has 2 N–H and O–H groups in total. The molecule has 1 aliphatic rings. The predicted molar refractivity (Wildman–Crippen MR) is 49.1 cm³/mol. The molecule has 0 aromatic carbocycles. The van der Waals surface area contributed by atoms with Gasteiger partial charge in [0.15, 0.2) is 0 Å². The van der Waals surface area contributed by atoms with E-state index in [9.17, 15) is 13.2 Å². The molecule has 1 aromatic rings. The summed E-state index contributed by atoms with van der Waals surface area (Å²) in [7, 11) is 0. The second-order valence-electron chi connectivity index (χ2n) is 3.78. The fourth-order valence-corrected chi connectivity index (χ4v) is 1.84. The highest BCUT2D eigenvalue weighted by Gasteiger charge is 2.44. The third-order valence-electron chi connectivity index (χ3n) is 2.73. The Kier molecular flexibility index (Phi) is 2.42. The summed E-state index contributed by atoms with van der Waals surface area (Å²) in [6.07, 6.45) is -2.45. The lowest BCUT2D eigenvalue weighted by molar-refractivity contribution is -0.141. The van der Waals surface area contributed by atoms with E-state index in [1.165, 1.54) is 18.3 Å². The highest BCUT2D eigenvalue weighted by Crippen LogP contribution is 2.49. The van der Waals surface area contributed by atoms with Gasteiger partial charge in [-0.3, -0.25) is 4.98 Å². The van der Waals surface area contributed by atoms with E-state index in [4.69, 9.17) is 5.73 Å². The van der Waals surface area contributed by atoms with Crippen molar-refractivity contribution in [2.75, 3.05) is 6.54 Å². The molecule has 1 heterocycles. The summed E-state index contributed by atoms with van der Waals surface area (Å²) in [5, 5.41) is 0. The van der Waals surface area contributed by atoms with Crippen molar-refractivity contribution in [1.82, 2.24) is 4.98 Å². The van der Waals surface area contributed by atoms with Gasteiger partial charge in [0.1, 0.15) is 5.69 Å². The fraction of sp³-hybridized carbons (Fsp3) is 0.500. The van der Waals surface area contributed by atoms with Crippen LogP contribution in [-0.4, -0.2) is 11.5 Å². The second-order valence-corrected chi connectivity index (χ2v) is 3.78. The molecule has 2 atom stereocenters. The van der Waals surface area contributed by atoms with Crippen molar-refractivity contribution in [1.29, 1.82) is 0 Å². The summed E-state index contributed by atoms with van der Waals surface area (Å²) in [6, 6.07) is 3.03. The molecule has 1 saturated carbocycles. The van der Waals surface area contributed by atoms with E-state index >= 15 is 0 Å². The van der Waals surface area contributed by atoms with Crippen LogP contribution in [0.4, 0.5) is 13.2 Å². The van der Waals surface area contributed by atoms with Crippen molar-refractivity contribution >= 4 is 0 Å². The summed E-state index contributed by atoms with van der Waals surface area (Å²) in [5.41, 5.74) is 4.95. The van der Waals surface area contributed by atoms with Crippen molar-refractivity contribution in [2.24, 2.45) is 11.7 Å². The average molecular weight is 216 g/mol. The maximum Gasteiger partial charge on any atom is 0.433 e. The molecule has 0 amide bonds. The Balaban J connectivity index is 2.32. The monoisotopic (exact) mass is 216 g/mol. The number of halogens is 3. The van der Waals surface area contributed by atoms with Crippen molar-refractivity contribution in [2.45, 2.75) is 18.5 Å². The lowest BCUT2D eigenvalue weighted by Crippen LogP contribution is -2.12. The predicted octanol–water partition coefficient (Wildman–Crippen LogP) is 2.16. The van der Waals surface area contributed by atoms with Gasteiger partial charge >= 0.3 is 6.18 Å². The lowest BCUT2D eigenvalue weighted by atomic mass is 10.1. The lowest BCUT2D eigenvalue weighted by Gasteiger charge is -2.10. The minimum absolute atomic E-state index is 0.0553. The molecule has 2 nitrogen and oxygen atoms in total. The molecule has 0 aliphatic heterocycles. The third kappa shape index (κ3) is 1.97. The van der Waals surface area contributed by atoms with Crippen LogP contribution >= 0.6 is 0 Å². The van der Waals surface area contributed by atoms with Gasteiger partial charge in [0.05, 0.1) is 0 Å². The number of hydrogen-bond acceptors (Lipinski definition) is 2. The fourth-order valence-electron chi connectivity index (χ4n) is 1.84. The summed E-state index contributed by atoms with van der Waals surface area (Å²) in [5.74, 6) is 0.135. The van der Waals surface area contributed by atoms with Gasteiger partial charge in [0.2, 0.25) is 0 Å². The van der Waals surface area contributed by atoms with Crippen LogP contribution in [0.1, 0.15) is 23.6 Å². The van der Waals surface area contributed by atoms with Gasteiger partial charge in [-0.15, -0.1) is 0 Å². The topological polar surface area (TPSA) is 38.9 Å². The maximum absolute atomic E-state index is 12.6. The Labute approximate surface area is 85.3 Å². The molecule has 1 aromatic heterocycles. The van der Waals surface area contributed by atoms with Gasteiger partial charge in [-0.1, -0.05) is 6.07 Å². The van der Waals surface area contributed by atoms with Gasteiger partial charge in [0, 0.05) is 6.20 Å². The highest BCUT2D eigenvalue weighted by molar-refractivity contribution is 5.31. The summed E-state index contributed by atoms with van der Waals surface area (Å²) < 4.78 is 37.7.